The van der Waals surface area contributed by atoms with Crippen molar-refractivity contribution in [3.63, 3.8) is 0 Å². The van der Waals surface area contributed by atoms with Crippen LogP contribution in [0.2, 0.25) is 0 Å². The minimum Gasteiger partial charge on any atom is -0.335 e. The van der Waals surface area contributed by atoms with Crippen LogP contribution in [0.15, 0.2) is 53.4 Å². The highest BCUT2D eigenvalue weighted by Gasteiger charge is 2.17. The summed E-state index contributed by atoms with van der Waals surface area (Å²) in [6.07, 6.45) is 5.58. The van der Waals surface area contributed by atoms with Crippen LogP contribution in [0.25, 0.3) is 10.2 Å². The highest BCUT2D eigenvalue weighted by molar-refractivity contribution is 7.93. The lowest BCUT2D eigenvalue weighted by atomic mass is 9.96. The summed E-state index contributed by atoms with van der Waals surface area (Å²) in [4.78, 5) is 16.8. The molecule has 1 saturated carbocycles. The molecule has 0 saturated heterocycles. The summed E-state index contributed by atoms with van der Waals surface area (Å²) >= 11 is 1.22. The van der Waals surface area contributed by atoms with E-state index < -0.39 is 10.0 Å². The number of urea groups is 1. The van der Waals surface area contributed by atoms with Gasteiger partial charge in [0.15, 0.2) is 5.13 Å². The van der Waals surface area contributed by atoms with Gasteiger partial charge < -0.3 is 10.6 Å². The fourth-order valence-electron chi connectivity index (χ4n) is 3.42. The molecule has 3 N–H and O–H groups in total. The molecule has 0 radical (unpaired) electrons. The van der Waals surface area contributed by atoms with E-state index in [0.29, 0.717) is 11.2 Å². The molecule has 1 aromatic heterocycles. The second kappa shape index (κ2) is 8.38. The predicted molar refractivity (Wildman–Crippen MR) is 116 cm³/mol. The third-order valence-corrected chi connectivity index (χ3v) is 7.28. The van der Waals surface area contributed by atoms with Crippen LogP contribution >= 0.6 is 11.3 Å². The van der Waals surface area contributed by atoms with Crippen molar-refractivity contribution in [3.8, 4) is 0 Å². The molecular weight excluding hydrogens is 408 g/mol. The standard InChI is InChI=1S/C20H22N4O3S2/c25-19(21-14-7-3-1-4-8-14)22-15-11-12-17-18(13-15)28-20(23-17)24-29(26,27)16-9-5-2-6-10-16/h2,5-6,9-14H,1,3-4,7-8H2,(H,23,24)(H2,21,22,25). The van der Waals surface area contributed by atoms with Gasteiger partial charge in [-0.2, -0.15) is 0 Å². The van der Waals surface area contributed by atoms with Crippen LogP contribution < -0.4 is 15.4 Å². The normalized spacial score (nSPS) is 15.2. The molecule has 1 fully saturated rings. The maximum atomic E-state index is 12.5. The molecule has 0 bridgehead atoms. The Morgan fingerprint density at radius 1 is 1.03 bits per heavy atom. The monoisotopic (exact) mass is 430 g/mol. The van der Waals surface area contributed by atoms with Gasteiger partial charge in [0, 0.05) is 11.7 Å². The van der Waals surface area contributed by atoms with E-state index in [4.69, 9.17) is 0 Å². The number of amides is 2. The molecule has 1 heterocycles. The molecule has 3 aromatic rings. The number of benzene rings is 2. The fourth-order valence-corrected chi connectivity index (χ4v) is 5.58. The summed E-state index contributed by atoms with van der Waals surface area (Å²) < 4.78 is 28.2. The van der Waals surface area contributed by atoms with Crippen LogP contribution in [0.4, 0.5) is 15.6 Å². The Kier molecular flexibility index (Phi) is 5.68. The number of aromatic nitrogens is 1. The fraction of sp³-hybridized carbons (Fsp3) is 0.300. The van der Waals surface area contributed by atoms with Gasteiger partial charge in [-0.15, -0.1) is 0 Å². The number of anilines is 2. The highest BCUT2D eigenvalue weighted by atomic mass is 32.2. The average molecular weight is 431 g/mol. The lowest BCUT2D eigenvalue weighted by Crippen LogP contribution is -2.38. The molecule has 29 heavy (non-hydrogen) atoms. The Hall–Kier alpha value is -2.65. The number of sulfonamides is 1. The molecule has 152 valence electrons. The molecule has 2 amide bonds. The van der Waals surface area contributed by atoms with Gasteiger partial charge in [0.1, 0.15) is 0 Å². The number of carbonyl (C=O) groups excluding carboxylic acids is 1. The maximum absolute atomic E-state index is 12.5. The number of thiazole rings is 1. The molecule has 1 aliphatic carbocycles. The SMILES string of the molecule is O=C(Nc1ccc2nc(NS(=O)(=O)c3ccccc3)sc2c1)NC1CCCCC1. The second-order valence-corrected chi connectivity index (χ2v) is 9.77. The van der Waals surface area contributed by atoms with Gasteiger partial charge in [-0.25, -0.2) is 18.2 Å². The van der Waals surface area contributed by atoms with E-state index >= 15 is 0 Å². The Morgan fingerprint density at radius 3 is 2.55 bits per heavy atom. The van der Waals surface area contributed by atoms with Gasteiger partial charge in [0.2, 0.25) is 0 Å². The van der Waals surface area contributed by atoms with Crippen LogP contribution in [0.3, 0.4) is 0 Å². The number of carbonyl (C=O) groups is 1. The van der Waals surface area contributed by atoms with Crippen molar-refractivity contribution in [1.29, 1.82) is 0 Å². The van der Waals surface area contributed by atoms with Crippen LogP contribution in [0.1, 0.15) is 32.1 Å². The molecule has 4 rings (SSSR count). The van der Waals surface area contributed by atoms with E-state index in [9.17, 15) is 13.2 Å². The summed E-state index contributed by atoms with van der Waals surface area (Å²) in [7, 11) is -3.69. The van der Waals surface area contributed by atoms with Crippen LogP contribution in [0.5, 0.6) is 0 Å². The Bertz CT molecular complexity index is 1110. The van der Waals surface area contributed by atoms with Crippen molar-refractivity contribution < 1.29 is 13.2 Å². The van der Waals surface area contributed by atoms with Crippen molar-refractivity contribution in [2.24, 2.45) is 0 Å². The number of hydrogen-bond donors (Lipinski definition) is 3. The largest absolute Gasteiger partial charge is 0.335 e. The lowest BCUT2D eigenvalue weighted by Gasteiger charge is -2.22. The van der Waals surface area contributed by atoms with E-state index in [1.807, 2.05) is 0 Å². The first-order valence-corrected chi connectivity index (χ1v) is 11.9. The van der Waals surface area contributed by atoms with Crippen molar-refractivity contribution in [1.82, 2.24) is 10.3 Å². The maximum Gasteiger partial charge on any atom is 0.319 e. The Balaban J connectivity index is 1.45. The number of nitrogens with one attached hydrogen (secondary N) is 3. The van der Waals surface area contributed by atoms with Crippen molar-refractivity contribution in [3.05, 3.63) is 48.5 Å². The number of rotatable bonds is 5. The lowest BCUT2D eigenvalue weighted by molar-refractivity contribution is 0.244. The minimum absolute atomic E-state index is 0.181. The Morgan fingerprint density at radius 2 is 1.79 bits per heavy atom. The average Bonchev–Trinajstić information content (AvgIpc) is 3.10. The molecule has 2 aromatic carbocycles. The summed E-state index contributed by atoms with van der Waals surface area (Å²) in [5.41, 5.74) is 1.31. The van der Waals surface area contributed by atoms with Gasteiger partial charge in [0.25, 0.3) is 10.0 Å². The van der Waals surface area contributed by atoms with E-state index in [1.165, 1.54) is 29.9 Å². The van der Waals surface area contributed by atoms with Gasteiger partial charge in [-0.3, -0.25) is 4.72 Å². The molecule has 0 atom stereocenters. The predicted octanol–water partition coefficient (Wildman–Crippen LogP) is 4.55. The molecule has 0 spiro atoms. The summed E-state index contributed by atoms with van der Waals surface area (Å²) in [6, 6.07) is 13.5. The van der Waals surface area contributed by atoms with Gasteiger partial charge in [-0.05, 0) is 43.2 Å². The summed E-state index contributed by atoms with van der Waals surface area (Å²) in [5, 5.41) is 6.16. The zero-order chi connectivity index (χ0) is 20.3. The highest BCUT2D eigenvalue weighted by Crippen LogP contribution is 2.30. The topological polar surface area (TPSA) is 100 Å². The van der Waals surface area contributed by atoms with Gasteiger partial charge in [-0.1, -0.05) is 48.8 Å². The second-order valence-electron chi connectivity index (χ2n) is 7.05. The van der Waals surface area contributed by atoms with Gasteiger partial charge in [0.05, 0.1) is 15.1 Å². The summed E-state index contributed by atoms with van der Waals surface area (Å²) in [5.74, 6) is 0. The van der Waals surface area contributed by atoms with Crippen molar-refractivity contribution in [2.45, 2.75) is 43.0 Å². The molecular formula is C20H22N4O3S2. The van der Waals surface area contributed by atoms with E-state index in [1.54, 1.807) is 36.4 Å². The third kappa shape index (κ3) is 4.86. The van der Waals surface area contributed by atoms with Gasteiger partial charge >= 0.3 is 6.03 Å². The Labute approximate surface area is 173 Å². The first kappa shape index (κ1) is 19.7. The van der Waals surface area contributed by atoms with E-state index in [2.05, 4.69) is 20.3 Å². The van der Waals surface area contributed by atoms with Crippen molar-refractivity contribution in [2.75, 3.05) is 10.0 Å². The molecule has 1 aliphatic rings. The van der Waals surface area contributed by atoms with Crippen LogP contribution in [0, 0.1) is 0 Å². The molecule has 9 heteroatoms. The van der Waals surface area contributed by atoms with E-state index in [-0.39, 0.29) is 22.1 Å². The minimum atomic E-state index is -3.69. The first-order valence-electron chi connectivity index (χ1n) is 9.56. The zero-order valence-corrected chi connectivity index (χ0v) is 17.4. The number of nitrogens with zero attached hydrogens (tertiary/aromatic N) is 1. The molecule has 0 aliphatic heterocycles. The van der Waals surface area contributed by atoms with E-state index in [0.717, 1.165) is 30.4 Å². The number of fused-ring (bicyclic) bond motifs is 1. The van der Waals surface area contributed by atoms with Crippen LogP contribution in [-0.4, -0.2) is 25.5 Å². The first-order chi connectivity index (χ1) is 14.0. The number of hydrogen-bond acceptors (Lipinski definition) is 5. The quantitative estimate of drug-likeness (QED) is 0.553. The van der Waals surface area contributed by atoms with Crippen molar-refractivity contribution >= 4 is 48.4 Å². The smallest absolute Gasteiger partial charge is 0.319 e. The summed E-state index contributed by atoms with van der Waals surface area (Å²) in [6.45, 7) is 0. The van der Waals surface area contributed by atoms with Crippen LogP contribution in [-0.2, 0) is 10.0 Å². The molecule has 7 nitrogen and oxygen atoms in total. The third-order valence-electron chi connectivity index (χ3n) is 4.86. The molecule has 0 unspecified atom stereocenters. The zero-order valence-electron chi connectivity index (χ0n) is 15.7.